The van der Waals surface area contributed by atoms with Gasteiger partial charge >= 0.3 is 0 Å². The van der Waals surface area contributed by atoms with Gasteiger partial charge in [0, 0.05) is 18.5 Å². The maximum atomic E-state index is 12.9. The molecule has 0 aliphatic carbocycles. The zero-order valence-electron chi connectivity index (χ0n) is 19.2. The van der Waals surface area contributed by atoms with E-state index in [2.05, 4.69) is 35.3 Å². The first kappa shape index (κ1) is 22.9. The first-order chi connectivity index (χ1) is 16.0. The molecule has 2 aromatic carbocycles. The van der Waals surface area contributed by atoms with Gasteiger partial charge < -0.3 is 14.8 Å². The van der Waals surface area contributed by atoms with Crippen LogP contribution >= 0.6 is 11.3 Å². The lowest BCUT2D eigenvalue weighted by atomic mass is 10.0. The molecule has 172 valence electrons. The lowest BCUT2D eigenvalue weighted by molar-refractivity contribution is 0.409. The molecule has 2 aromatic heterocycles. The Morgan fingerprint density at radius 3 is 2.55 bits per heavy atom. The van der Waals surface area contributed by atoms with E-state index in [0.717, 1.165) is 29.0 Å². The van der Waals surface area contributed by atoms with Crippen molar-refractivity contribution in [1.82, 2.24) is 19.9 Å². The summed E-state index contributed by atoms with van der Waals surface area (Å²) in [5.41, 5.74) is 1.87. The predicted octanol–water partition coefficient (Wildman–Crippen LogP) is 3.39. The Morgan fingerprint density at radius 2 is 1.88 bits per heavy atom. The van der Waals surface area contributed by atoms with E-state index >= 15 is 0 Å². The van der Waals surface area contributed by atoms with Crippen molar-refractivity contribution in [2.24, 2.45) is 0 Å². The molecule has 8 heteroatoms. The van der Waals surface area contributed by atoms with Crippen LogP contribution in [0.1, 0.15) is 43.3 Å². The number of ether oxygens (including phenoxy) is 2. The highest BCUT2D eigenvalue weighted by Gasteiger charge is 2.19. The third-order valence-corrected chi connectivity index (χ3v) is 6.58. The van der Waals surface area contributed by atoms with E-state index in [1.54, 1.807) is 14.2 Å². The average molecular weight is 465 g/mol. The van der Waals surface area contributed by atoms with Crippen molar-refractivity contribution in [1.29, 1.82) is 0 Å². The SMILES string of the molecule is CCC(C)NC(Cc1nc2s/c(=C\c3ccc(OC)cc3)c(=O)n2n1)c1cccc(OC)c1. The Morgan fingerprint density at radius 1 is 1.12 bits per heavy atom. The van der Waals surface area contributed by atoms with Gasteiger partial charge in [0.1, 0.15) is 11.5 Å². The van der Waals surface area contributed by atoms with Gasteiger partial charge in [-0.2, -0.15) is 4.52 Å². The minimum atomic E-state index is -0.155. The number of nitrogens with zero attached hydrogens (tertiary/aromatic N) is 3. The molecule has 0 aliphatic heterocycles. The molecule has 4 rings (SSSR count). The first-order valence-corrected chi connectivity index (χ1v) is 11.8. The van der Waals surface area contributed by atoms with Gasteiger partial charge in [-0.15, -0.1) is 5.10 Å². The molecule has 4 aromatic rings. The predicted molar refractivity (Wildman–Crippen MR) is 131 cm³/mol. The van der Waals surface area contributed by atoms with E-state index in [1.165, 1.54) is 15.9 Å². The maximum Gasteiger partial charge on any atom is 0.291 e. The van der Waals surface area contributed by atoms with Gasteiger partial charge in [-0.25, -0.2) is 4.98 Å². The molecule has 0 spiro atoms. The number of methoxy groups -OCH3 is 2. The number of benzene rings is 2. The second kappa shape index (κ2) is 10.1. The van der Waals surface area contributed by atoms with Crippen LogP contribution in [0.25, 0.3) is 11.0 Å². The van der Waals surface area contributed by atoms with E-state index in [0.29, 0.717) is 27.8 Å². The van der Waals surface area contributed by atoms with Gasteiger partial charge in [-0.3, -0.25) is 4.79 Å². The summed E-state index contributed by atoms with van der Waals surface area (Å²) in [6.45, 7) is 4.30. The molecule has 33 heavy (non-hydrogen) atoms. The number of hydrogen-bond acceptors (Lipinski definition) is 7. The monoisotopic (exact) mass is 464 g/mol. The van der Waals surface area contributed by atoms with Crippen LogP contribution in [-0.4, -0.2) is 34.9 Å². The van der Waals surface area contributed by atoms with E-state index in [9.17, 15) is 4.79 Å². The minimum absolute atomic E-state index is 0.00703. The molecule has 0 bridgehead atoms. The van der Waals surface area contributed by atoms with Crippen LogP contribution in [0.5, 0.6) is 11.5 Å². The number of thiazole rings is 1. The van der Waals surface area contributed by atoms with Crippen LogP contribution < -0.4 is 24.9 Å². The maximum absolute atomic E-state index is 12.9. The second-order valence-electron chi connectivity index (χ2n) is 7.92. The Bertz CT molecular complexity index is 1330. The zero-order chi connectivity index (χ0) is 23.4. The number of nitrogens with one attached hydrogen (secondary N) is 1. The summed E-state index contributed by atoms with van der Waals surface area (Å²) < 4.78 is 12.6. The summed E-state index contributed by atoms with van der Waals surface area (Å²) >= 11 is 1.35. The first-order valence-electron chi connectivity index (χ1n) is 10.9. The highest BCUT2D eigenvalue weighted by atomic mass is 32.1. The van der Waals surface area contributed by atoms with Crippen molar-refractivity contribution in [2.75, 3.05) is 14.2 Å². The summed E-state index contributed by atoms with van der Waals surface area (Å²) in [7, 11) is 3.29. The summed E-state index contributed by atoms with van der Waals surface area (Å²) in [4.78, 5) is 18.2. The van der Waals surface area contributed by atoms with E-state index < -0.39 is 0 Å². The molecule has 0 amide bonds. The van der Waals surface area contributed by atoms with E-state index in [1.807, 2.05) is 48.5 Å². The van der Waals surface area contributed by atoms with E-state index in [-0.39, 0.29) is 11.6 Å². The van der Waals surface area contributed by atoms with Gasteiger partial charge in [0.15, 0.2) is 5.82 Å². The fraction of sp³-hybridized carbons (Fsp3) is 0.320. The summed E-state index contributed by atoms with van der Waals surface area (Å²) in [5.74, 6) is 2.22. The van der Waals surface area contributed by atoms with Crippen LogP contribution in [-0.2, 0) is 6.42 Å². The summed E-state index contributed by atoms with van der Waals surface area (Å²) in [6.07, 6.45) is 3.43. The van der Waals surface area contributed by atoms with Crippen LogP contribution in [0.15, 0.2) is 53.3 Å². The third kappa shape index (κ3) is 5.23. The molecule has 0 aliphatic rings. The van der Waals surface area contributed by atoms with Crippen molar-refractivity contribution < 1.29 is 9.47 Å². The molecule has 2 atom stereocenters. The summed E-state index contributed by atoms with van der Waals surface area (Å²) in [5, 5.41) is 8.19. The molecule has 0 saturated carbocycles. The largest absolute Gasteiger partial charge is 0.497 e. The topological polar surface area (TPSA) is 77.8 Å². The van der Waals surface area contributed by atoms with Crippen LogP contribution in [0.3, 0.4) is 0 Å². The van der Waals surface area contributed by atoms with Crippen LogP contribution in [0.2, 0.25) is 0 Å². The lowest BCUT2D eigenvalue weighted by Crippen LogP contribution is -2.31. The highest BCUT2D eigenvalue weighted by Crippen LogP contribution is 2.23. The fourth-order valence-electron chi connectivity index (χ4n) is 3.59. The molecule has 0 saturated heterocycles. The van der Waals surface area contributed by atoms with Crippen molar-refractivity contribution in [2.45, 2.75) is 38.8 Å². The molecule has 0 radical (unpaired) electrons. The minimum Gasteiger partial charge on any atom is -0.497 e. The average Bonchev–Trinajstić information content (AvgIpc) is 3.37. The van der Waals surface area contributed by atoms with Gasteiger partial charge in [-0.05, 0) is 54.8 Å². The standard InChI is InChI=1S/C25H28N4O3S/c1-5-16(2)26-21(18-7-6-8-20(14-18)32-4)15-23-27-25-29(28-23)24(30)22(33-25)13-17-9-11-19(31-3)12-10-17/h6-14,16,21,26H,5,15H2,1-4H3/b22-13-. The smallest absolute Gasteiger partial charge is 0.291 e. The number of hydrogen-bond donors (Lipinski definition) is 1. The number of aromatic nitrogens is 3. The molecule has 0 fully saturated rings. The van der Waals surface area contributed by atoms with Gasteiger partial charge in [0.05, 0.1) is 18.8 Å². The molecule has 2 unspecified atom stereocenters. The van der Waals surface area contributed by atoms with Crippen molar-refractivity contribution in [3.05, 3.63) is 80.4 Å². The third-order valence-electron chi connectivity index (χ3n) is 5.62. The normalized spacial score (nSPS) is 13.9. The molecule has 7 nitrogen and oxygen atoms in total. The van der Waals surface area contributed by atoms with Gasteiger partial charge in [0.2, 0.25) is 4.96 Å². The molecular weight excluding hydrogens is 436 g/mol. The fourth-order valence-corrected chi connectivity index (χ4v) is 4.51. The van der Waals surface area contributed by atoms with E-state index in [4.69, 9.17) is 9.47 Å². The van der Waals surface area contributed by atoms with Gasteiger partial charge in [0.25, 0.3) is 5.56 Å². The molecular formula is C25H28N4O3S. The van der Waals surface area contributed by atoms with Crippen LogP contribution in [0.4, 0.5) is 0 Å². The molecule has 2 heterocycles. The van der Waals surface area contributed by atoms with Gasteiger partial charge in [-0.1, -0.05) is 42.5 Å². The Balaban J connectivity index is 1.62. The van der Waals surface area contributed by atoms with Crippen LogP contribution in [0, 0.1) is 0 Å². The van der Waals surface area contributed by atoms with Crippen molar-refractivity contribution >= 4 is 22.4 Å². The highest BCUT2D eigenvalue weighted by molar-refractivity contribution is 7.15. The number of rotatable bonds is 9. The zero-order valence-corrected chi connectivity index (χ0v) is 20.1. The Labute approximate surface area is 196 Å². The lowest BCUT2D eigenvalue weighted by Gasteiger charge is -2.22. The Kier molecular flexibility index (Phi) is 7.05. The number of fused-ring (bicyclic) bond motifs is 1. The summed E-state index contributed by atoms with van der Waals surface area (Å²) in [6, 6.07) is 15.9. The van der Waals surface area contributed by atoms with Crippen molar-refractivity contribution in [3.63, 3.8) is 0 Å². The molecule has 1 N–H and O–H groups in total. The second-order valence-corrected chi connectivity index (χ2v) is 8.93. The Hall–Kier alpha value is -3.23. The quantitative estimate of drug-likeness (QED) is 0.409. The van der Waals surface area contributed by atoms with Crippen molar-refractivity contribution in [3.8, 4) is 11.5 Å².